The van der Waals surface area contributed by atoms with Crippen LogP contribution < -0.4 is 14.8 Å². The molecular weight excluding hydrogens is 332 g/mol. The average Bonchev–Trinajstić information content (AvgIpc) is 3.10. The Labute approximate surface area is 150 Å². The predicted molar refractivity (Wildman–Crippen MR) is 96.1 cm³/mol. The Morgan fingerprint density at radius 3 is 2.73 bits per heavy atom. The van der Waals surface area contributed by atoms with Gasteiger partial charge in [0, 0.05) is 18.2 Å². The van der Waals surface area contributed by atoms with Gasteiger partial charge in [-0.1, -0.05) is 29.5 Å². The number of anilines is 1. The van der Waals surface area contributed by atoms with Gasteiger partial charge in [-0.2, -0.15) is 0 Å². The lowest BCUT2D eigenvalue weighted by atomic mass is 10.1. The first-order valence-electron chi connectivity index (χ1n) is 8.34. The molecule has 3 aromatic rings. The third-order valence-corrected chi connectivity index (χ3v) is 4.00. The summed E-state index contributed by atoms with van der Waals surface area (Å²) in [7, 11) is 0. The zero-order valence-electron chi connectivity index (χ0n) is 14.3. The van der Waals surface area contributed by atoms with Gasteiger partial charge in [0.25, 0.3) is 0 Å². The molecule has 4 rings (SSSR count). The third kappa shape index (κ3) is 3.51. The van der Waals surface area contributed by atoms with Crippen LogP contribution in [0.3, 0.4) is 0 Å². The molecule has 0 fully saturated rings. The van der Waals surface area contributed by atoms with Crippen molar-refractivity contribution in [2.45, 2.75) is 19.6 Å². The quantitative estimate of drug-likeness (QED) is 0.783. The van der Waals surface area contributed by atoms with Crippen molar-refractivity contribution in [1.29, 1.82) is 0 Å². The van der Waals surface area contributed by atoms with Gasteiger partial charge in [0.15, 0.2) is 17.6 Å². The lowest BCUT2D eigenvalue weighted by Crippen LogP contribution is -2.33. The Hall–Kier alpha value is -3.35. The molecule has 0 aliphatic carbocycles. The first-order valence-corrected chi connectivity index (χ1v) is 8.34. The molecule has 0 unspecified atom stereocenters. The molecule has 7 nitrogen and oxygen atoms in total. The molecular formula is C19H18N4O3. The highest BCUT2D eigenvalue weighted by atomic mass is 16.6. The van der Waals surface area contributed by atoms with Crippen LogP contribution in [-0.4, -0.2) is 33.6 Å². The molecule has 7 heteroatoms. The number of ether oxygens (including phenoxy) is 2. The zero-order valence-corrected chi connectivity index (χ0v) is 14.3. The maximum atomic E-state index is 11.1. The number of nitrogens with zero attached hydrogens (tertiary/aromatic N) is 3. The van der Waals surface area contributed by atoms with Crippen molar-refractivity contribution >= 4 is 11.6 Å². The van der Waals surface area contributed by atoms with Gasteiger partial charge < -0.3 is 14.8 Å². The summed E-state index contributed by atoms with van der Waals surface area (Å²) in [6, 6.07) is 15.1. The van der Waals surface area contributed by atoms with E-state index in [0.717, 1.165) is 28.4 Å². The highest BCUT2D eigenvalue weighted by Gasteiger charge is 2.21. The number of fused-ring (bicyclic) bond motifs is 1. The summed E-state index contributed by atoms with van der Waals surface area (Å²) in [5.74, 6) is 1.42. The molecule has 1 N–H and O–H groups in total. The second kappa shape index (κ2) is 6.87. The minimum atomic E-state index is -0.124. The number of rotatable bonds is 4. The fraction of sp³-hybridized carbons (Fsp3) is 0.211. The molecule has 1 aliphatic heterocycles. The van der Waals surface area contributed by atoms with Gasteiger partial charge in [0.2, 0.25) is 5.91 Å². The molecule has 2 heterocycles. The van der Waals surface area contributed by atoms with Crippen molar-refractivity contribution in [3.8, 4) is 22.8 Å². The number of hydrogen-bond acceptors (Lipinski definition) is 5. The molecule has 1 aromatic heterocycles. The van der Waals surface area contributed by atoms with E-state index in [-0.39, 0.29) is 12.0 Å². The Kier molecular flexibility index (Phi) is 4.27. The molecule has 2 aromatic carbocycles. The molecule has 0 saturated carbocycles. The number of hydrogen-bond donors (Lipinski definition) is 1. The summed E-state index contributed by atoms with van der Waals surface area (Å²) < 4.78 is 13.4. The number of aromatic nitrogens is 3. The molecule has 0 spiro atoms. The fourth-order valence-electron chi connectivity index (χ4n) is 2.81. The summed E-state index contributed by atoms with van der Waals surface area (Å²) >= 11 is 0. The van der Waals surface area contributed by atoms with E-state index in [1.54, 1.807) is 4.68 Å². The Morgan fingerprint density at radius 1 is 1.19 bits per heavy atom. The molecule has 1 atom stereocenters. The van der Waals surface area contributed by atoms with E-state index >= 15 is 0 Å². The first-order chi connectivity index (χ1) is 12.7. The number of carbonyl (C=O) groups is 1. The minimum Gasteiger partial charge on any atom is -0.486 e. The SMILES string of the molecule is CC(=O)Nc1ccc(-c2cn(C[C@H]3COc4ccccc4O3)nn2)cc1. The van der Waals surface area contributed by atoms with Crippen LogP contribution in [0.4, 0.5) is 5.69 Å². The van der Waals surface area contributed by atoms with Crippen molar-refractivity contribution in [3.63, 3.8) is 0 Å². The molecule has 132 valence electrons. The summed E-state index contributed by atoms with van der Waals surface area (Å²) in [6.07, 6.45) is 1.75. The zero-order chi connectivity index (χ0) is 17.9. The highest BCUT2D eigenvalue weighted by molar-refractivity contribution is 5.88. The molecule has 1 aliphatic rings. The van der Waals surface area contributed by atoms with Gasteiger partial charge in [0.05, 0.1) is 12.7 Å². The van der Waals surface area contributed by atoms with Crippen molar-refractivity contribution in [2.24, 2.45) is 0 Å². The van der Waals surface area contributed by atoms with Crippen LogP contribution >= 0.6 is 0 Å². The van der Waals surface area contributed by atoms with Crippen LogP contribution in [0, 0.1) is 0 Å². The Morgan fingerprint density at radius 2 is 1.96 bits per heavy atom. The van der Waals surface area contributed by atoms with E-state index in [1.165, 1.54) is 6.92 Å². The topological polar surface area (TPSA) is 78.3 Å². The monoisotopic (exact) mass is 350 g/mol. The van der Waals surface area contributed by atoms with Crippen molar-refractivity contribution in [2.75, 3.05) is 11.9 Å². The normalized spacial score (nSPS) is 15.5. The van der Waals surface area contributed by atoms with Crippen LogP contribution in [0.25, 0.3) is 11.3 Å². The van der Waals surface area contributed by atoms with Crippen LogP contribution in [0.1, 0.15) is 6.92 Å². The maximum absolute atomic E-state index is 11.1. The second-order valence-corrected chi connectivity index (χ2v) is 6.08. The summed E-state index contributed by atoms with van der Waals surface area (Å²) in [6.45, 7) is 2.50. The van der Waals surface area contributed by atoms with E-state index < -0.39 is 0 Å². The fourth-order valence-corrected chi connectivity index (χ4v) is 2.81. The molecule has 0 radical (unpaired) electrons. The van der Waals surface area contributed by atoms with Crippen LogP contribution in [-0.2, 0) is 11.3 Å². The van der Waals surface area contributed by atoms with Crippen LogP contribution in [0.2, 0.25) is 0 Å². The van der Waals surface area contributed by atoms with E-state index in [2.05, 4.69) is 15.6 Å². The Balaban J connectivity index is 1.43. The van der Waals surface area contributed by atoms with Crippen molar-refractivity contribution < 1.29 is 14.3 Å². The number of carbonyl (C=O) groups excluding carboxylic acids is 1. The second-order valence-electron chi connectivity index (χ2n) is 6.08. The molecule has 26 heavy (non-hydrogen) atoms. The standard InChI is InChI=1S/C19H18N4O3/c1-13(24)20-15-8-6-14(7-9-15)17-11-23(22-21-17)10-16-12-25-18-4-2-3-5-19(18)26-16/h2-9,11,16H,10,12H2,1H3,(H,20,24)/t16-/m0/s1. The smallest absolute Gasteiger partial charge is 0.221 e. The van der Waals surface area contributed by atoms with Crippen molar-refractivity contribution in [1.82, 2.24) is 15.0 Å². The average molecular weight is 350 g/mol. The minimum absolute atomic E-state index is 0.0973. The third-order valence-electron chi connectivity index (χ3n) is 4.00. The largest absolute Gasteiger partial charge is 0.486 e. The van der Waals surface area contributed by atoms with Crippen LogP contribution in [0.15, 0.2) is 54.7 Å². The van der Waals surface area contributed by atoms with E-state index in [4.69, 9.17) is 9.47 Å². The number of nitrogens with one attached hydrogen (secondary N) is 1. The molecule has 0 bridgehead atoms. The van der Waals surface area contributed by atoms with Crippen LogP contribution in [0.5, 0.6) is 11.5 Å². The van der Waals surface area contributed by atoms with Gasteiger partial charge >= 0.3 is 0 Å². The van der Waals surface area contributed by atoms with Gasteiger partial charge in [-0.15, -0.1) is 5.10 Å². The predicted octanol–water partition coefficient (Wildman–Crippen LogP) is 2.74. The van der Waals surface area contributed by atoms with E-state index in [9.17, 15) is 4.79 Å². The van der Waals surface area contributed by atoms with E-state index in [1.807, 2.05) is 54.7 Å². The van der Waals surface area contributed by atoms with Crippen molar-refractivity contribution in [3.05, 3.63) is 54.7 Å². The van der Waals surface area contributed by atoms with Gasteiger partial charge in [-0.3, -0.25) is 4.79 Å². The summed E-state index contributed by atoms with van der Waals surface area (Å²) in [4.78, 5) is 11.1. The number of para-hydroxylation sites is 2. The lowest BCUT2D eigenvalue weighted by molar-refractivity contribution is -0.114. The van der Waals surface area contributed by atoms with Gasteiger partial charge in [-0.05, 0) is 24.3 Å². The first kappa shape index (κ1) is 16.1. The summed E-state index contributed by atoms with van der Waals surface area (Å²) in [5, 5.41) is 11.1. The van der Waals surface area contributed by atoms with E-state index in [0.29, 0.717) is 13.2 Å². The Bertz CT molecular complexity index is 921. The molecule has 1 amide bonds. The lowest BCUT2D eigenvalue weighted by Gasteiger charge is -2.26. The number of amides is 1. The highest BCUT2D eigenvalue weighted by Crippen LogP contribution is 2.31. The summed E-state index contributed by atoms with van der Waals surface area (Å²) in [5.41, 5.74) is 2.44. The maximum Gasteiger partial charge on any atom is 0.221 e. The number of benzene rings is 2. The van der Waals surface area contributed by atoms with Gasteiger partial charge in [0.1, 0.15) is 12.3 Å². The van der Waals surface area contributed by atoms with Gasteiger partial charge in [-0.25, -0.2) is 4.68 Å². The molecule has 0 saturated heterocycles.